The van der Waals surface area contributed by atoms with E-state index in [1.54, 1.807) is 13.2 Å². The molecule has 17 heavy (non-hydrogen) atoms. The van der Waals surface area contributed by atoms with E-state index in [1.165, 1.54) is 4.90 Å². The fourth-order valence-electron chi connectivity index (χ4n) is 1.72. The van der Waals surface area contributed by atoms with Crippen molar-refractivity contribution in [1.82, 2.24) is 9.88 Å². The number of hydrogen-bond donors (Lipinski definition) is 2. The van der Waals surface area contributed by atoms with Gasteiger partial charge in [-0.1, -0.05) is 0 Å². The highest BCUT2D eigenvalue weighted by molar-refractivity contribution is 9.10. The number of halogens is 1. The van der Waals surface area contributed by atoms with E-state index >= 15 is 0 Å². The van der Waals surface area contributed by atoms with Crippen molar-refractivity contribution in [3.8, 4) is 0 Å². The molecule has 0 saturated heterocycles. The number of carboxylic acid groups (broad SMARTS) is 1. The van der Waals surface area contributed by atoms with Gasteiger partial charge in [0.1, 0.15) is 4.60 Å². The summed E-state index contributed by atoms with van der Waals surface area (Å²) in [5.74, 6) is 0. The molecule has 0 radical (unpaired) electrons. The molecule has 1 fully saturated rings. The quantitative estimate of drug-likeness (QED) is 0.838. The van der Waals surface area contributed by atoms with Gasteiger partial charge in [-0.3, -0.25) is 0 Å². The summed E-state index contributed by atoms with van der Waals surface area (Å²) in [5, 5.41) is 12.2. The van der Waals surface area contributed by atoms with Crippen LogP contribution in [0.3, 0.4) is 0 Å². The third kappa shape index (κ3) is 2.69. The van der Waals surface area contributed by atoms with E-state index in [4.69, 9.17) is 5.11 Å². The molecule has 0 bridgehead atoms. The lowest BCUT2D eigenvalue weighted by Crippen LogP contribution is -2.42. The molecule has 0 spiro atoms. The van der Waals surface area contributed by atoms with E-state index in [9.17, 15) is 4.79 Å². The van der Waals surface area contributed by atoms with Crippen molar-refractivity contribution < 1.29 is 9.90 Å². The van der Waals surface area contributed by atoms with Crippen LogP contribution in [0.15, 0.2) is 22.9 Å². The monoisotopic (exact) mass is 299 g/mol. The first-order chi connectivity index (χ1) is 8.03. The van der Waals surface area contributed by atoms with Crippen LogP contribution in [0, 0.1) is 0 Å². The molecule has 6 heteroatoms. The summed E-state index contributed by atoms with van der Waals surface area (Å²) in [6, 6.07) is 3.76. The average molecular weight is 300 g/mol. The molecule has 1 aliphatic carbocycles. The van der Waals surface area contributed by atoms with Gasteiger partial charge in [0.05, 0.1) is 17.4 Å². The van der Waals surface area contributed by atoms with Gasteiger partial charge in [-0.25, -0.2) is 9.78 Å². The summed E-state index contributed by atoms with van der Waals surface area (Å²) < 4.78 is 0.784. The highest BCUT2D eigenvalue weighted by atomic mass is 79.9. The van der Waals surface area contributed by atoms with Crippen LogP contribution >= 0.6 is 15.9 Å². The Morgan fingerprint density at radius 2 is 2.35 bits per heavy atom. The molecular weight excluding hydrogens is 286 g/mol. The molecule has 0 atom stereocenters. The molecule has 1 amide bonds. The lowest BCUT2D eigenvalue weighted by Gasteiger charge is -2.25. The molecular formula is C11H14BrN3O2. The van der Waals surface area contributed by atoms with Crippen molar-refractivity contribution in [2.75, 3.05) is 18.9 Å². The van der Waals surface area contributed by atoms with Crippen molar-refractivity contribution in [2.24, 2.45) is 0 Å². The predicted octanol–water partition coefficient (Wildman–Crippen LogP) is 2.40. The van der Waals surface area contributed by atoms with Gasteiger partial charge >= 0.3 is 6.09 Å². The molecule has 0 unspecified atom stereocenters. The highest BCUT2D eigenvalue weighted by Crippen LogP contribution is 2.40. The molecule has 0 aromatic carbocycles. The second-order valence-corrected chi connectivity index (χ2v) is 5.10. The number of carbonyl (C=O) groups is 1. The fraction of sp³-hybridized carbons (Fsp3) is 0.455. The van der Waals surface area contributed by atoms with Crippen LogP contribution in [0.4, 0.5) is 10.5 Å². The van der Waals surface area contributed by atoms with E-state index in [0.29, 0.717) is 6.54 Å². The Bertz CT molecular complexity index is 417. The summed E-state index contributed by atoms with van der Waals surface area (Å²) in [5.41, 5.74) is 0.664. The third-order valence-corrected chi connectivity index (χ3v) is 3.64. The summed E-state index contributed by atoms with van der Waals surface area (Å²) in [6.07, 6.45) is 2.67. The Morgan fingerprint density at radius 3 is 2.82 bits per heavy atom. The van der Waals surface area contributed by atoms with Gasteiger partial charge in [-0.05, 0) is 40.9 Å². The SMILES string of the molecule is CN(C(=O)O)C1(CNc2ccc(Br)nc2)CC1. The Morgan fingerprint density at radius 1 is 1.65 bits per heavy atom. The van der Waals surface area contributed by atoms with Crippen molar-refractivity contribution in [1.29, 1.82) is 0 Å². The van der Waals surface area contributed by atoms with Crippen molar-refractivity contribution >= 4 is 27.7 Å². The summed E-state index contributed by atoms with van der Waals surface area (Å²) in [4.78, 5) is 16.4. The molecule has 1 saturated carbocycles. The lowest BCUT2D eigenvalue weighted by molar-refractivity contribution is 0.135. The van der Waals surface area contributed by atoms with Gasteiger partial charge in [0.25, 0.3) is 0 Å². The number of nitrogens with one attached hydrogen (secondary N) is 1. The maximum Gasteiger partial charge on any atom is 0.407 e. The summed E-state index contributed by atoms with van der Waals surface area (Å²) >= 11 is 3.27. The minimum absolute atomic E-state index is 0.237. The van der Waals surface area contributed by atoms with E-state index in [0.717, 1.165) is 23.1 Å². The second kappa shape index (κ2) is 4.52. The topological polar surface area (TPSA) is 65.5 Å². The molecule has 2 rings (SSSR count). The first-order valence-corrected chi connectivity index (χ1v) is 6.15. The second-order valence-electron chi connectivity index (χ2n) is 4.29. The standard InChI is InChI=1S/C11H14BrN3O2/c1-15(10(16)17)11(4-5-11)7-14-8-2-3-9(12)13-6-8/h2-3,6,14H,4-5,7H2,1H3,(H,16,17). The lowest BCUT2D eigenvalue weighted by atomic mass is 10.2. The first-order valence-electron chi connectivity index (χ1n) is 5.36. The van der Waals surface area contributed by atoms with Crippen LogP contribution in [-0.4, -0.2) is 40.2 Å². The predicted molar refractivity (Wildman–Crippen MR) is 68.2 cm³/mol. The zero-order valence-electron chi connectivity index (χ0n) is 9.48. The van der Waals surface area contributed by atoms with E-state index in [1.807, 2.05) is 12.1 Å². The fourth-order valence-corrected chi connectivity index (χ4v) is 1.96. The Balaban J connectivity index is 1.94. The zero-order chi connectivity index (χ0) is 12.5. The van der Waals surface area contributed by atoms with Gasteiger partial charge < -0.3 is 15.3 Å². The minimum Gasteiger partial charge on any atom is -0.465 e. The maximum atomic E-state index is 10.9. The summed E-state index contributed by atoms with van der Waals surface area (Å²) in [6.45, 7) is 0.624. The van der Waals surface area contributed by atoms with Crippen LogP contribution in [0.2, 0.25) is 0 Å². The van der Waals surface area contributed by atoms with Crippen molar-refractivity contribution in [3.05, 3.63) is 22.9 Å². The smallest absolute Gasteiger partial charge is 0.407 e. The normalized spacial score (nSPS) is 16.4. The minimum atomic E-state index is -0.877. The molecule has 1 heterocycles. The van der Waals surface area contributed by atoms with Gasteiger partial charge in [0, 0.05) is 13.6 Å². The number of aromatic nitrogens is 1. The Kier molecular flexibility index (Phi) is 3.24. The molecule has 1 aromatic heterocycles. The molecule has 2 N–H and O–H groups in total. The van der Waals surface area contributed by atoms with E-state index in [2.05, 4.69) is 26.2 Å². The molecule has 5 nitrogen and oxygen atoms in total. The van der Waals surface area contributed by atoms with Crippen LogP contribution < -0.4 is 5.32 Å². The number of nitrogens with zero attached hydrogens (tertiary/aromatic N) is 2. The zero-order valence-corrected chi connectivity index (χ0v) is 11.1. The average Bonchev–Trinajstić information content (AvgIpc) is 3.08. The number of anilines is 1. The number of rotatable bonds is 4. The van der Waals surface area contributed by atoms with E-state index < -0.39 is 6.09 Å². The first kappa shape index (κ1) is 12.2. The number of likely N-dealkylation sites (N-methyl/N-ethyl adjacent to an activating group) is 1. The van der Waals surface area contributed by atoms with Gasteiger partial charge in [0.2, 0.25) is 0 Å². The highest BCUT2D eigenvalue weighted by Gasteiger charge is 2.48. The van der Waals surface area contributed by atoms with Crippen molar-refractivity contribution in [2.45, 2.75) is 18.4 Å². The number of hydrogen-bond acceptors (Lipinski definition) is 3. The van der Waals surface area contributed by atoms with Crippen LogP contribution in [0.25, 0.3) is 0 Å². The molecule has 92 valence electrons. The van der Waals surface area contributed by atoms with Gasteiger partial charge in [0.15, 0.2) is 0 Å². The van der Waals surface area contributed by atoms with Gasteiger partial charge in [-0.15, -0.1) is 0 Å². The number of amides is 1. The Hall–Kier alpha value is -1.30. The van der Waals surface area contributed by atoms with E-state index in [-0.39, 0.29) is 5.54 Å². The maximum absolute atomic E-state index is 10.9. The molecule has 0 aliphatic heterocycles. The Labute approximate surface area is 108 Å². The largest absolute Gasteiger partial charge is 0.465 e. The van der Waals surface area contributed by atoms with Crippen LogP contribution in [-0.2, 0) is 0 Å². The van der Waals surface area contributed by atoms with Crippen LogP contribution in [0.5, 0.6) is 0 Å². The van der Waals surface area contributed by atoms with Crippen LogP contribution in [0.1, 0.15) is 12.8 Å². The molecule has 1 aliphatic rings. The third-order valence-electron chi connectivity index (χ3n) is 3.17. The summed E-state index contributed by atoms with van der Waals surface area (Å²) in [7, 11) is 1.62. The number of pyridine rings is 1. The van der Waals surface area contributed by atoms with Crippen molar-refractivity contribution in [3.63, 3.8) is 0 Å². The van der Waals surface area contributed by atoms with Gasteiger partial charge in [-0.2, -0.15) is 0 Å². The molecule has 1 aromatic rings.